The molecule has 0 bridgehead atoms. The predicted octanol–water partition coefficient (Wildman–Crippen LogP) is 3.08. The number of cyclic esters (lactones) is 1. The predicted molar refractivity (Wildman–Crippen MR) is 74.5 cm³/mol. The Morgan fingerprint density at radius 3 is 2.70 bits per heavy atom. The van der Waals surface area contributed by atoms with E-state index < -0.39 is 12.0 Å². The van der Waals surface area contributed by atoms with Crippen molar-refractivity contribution in [3.63, 3.8) is 0 Å². The van der Waals surface area contributed by atoms with Crippen molar-refractivity contribution in [3.05, 3.63) is 27.7 Å². The van der Waals surface area contributed by atoms with Crippen molar-refractivity contribution in [2.24, 2.45) is 0 Å². The number of carbonyl (C=O) groups excluding carboxylic acids is 2. The van der Waals surface area contributed by atoms with E-state index >= 15 is 0 Å². The molecule has 1 unspecified atom stereocenters. The van der Waals surface area contributed by atoms with Gasteiger partial charge in [-0.1, -0.05) is 23.2 Å². The molecule has 0 aromatic heterocycles. The van der Waals surface area contributed by atoms with Crippen molar-refractivity contribution in [2.45, 2.75) is 12.8 Å². The van der Waals surface area contributed by atoms with Crippen LogP contribution in [0.25, 0.3) is 0 Å². The van der Waals surface area contributed by atoms with Gasteiger partial charge in [-0.15, -0.1) is 0 Å². The highest BCUT2D eigenvalue weighted by Gasteiger charge is 2.34. The summed E-state index contributed by atoms with van der Waals surface area (Å²) in [6.45, 7) is 2.11. The molecule has 1 atom stereocenters. The molecule has 1 aromatic carbocycles. The number of ether oxygens (including phenoxy) is 2. The van der Waals surface area contributed by atoms with E-state index in [0.29, 0.717) is 21.4 Å². The van der Waals surface area contributed by atoms with Crippen LogP contribution in [-0.4, -0.2) is 37.2 Å². The first-order chi connectivity index (χ1) is 9.45. The monoisotopic (exact) mass is 317 g/mol. The molecule has 1 heterocycles. The Morgan fingerprint density at radius 1 is 1.45 bits per heavy atom. The van der Waals surface area contributed by atoms with Gasteiger partial charge in [0.2, 0.25) is 5.91 Å². The quantitative estimate of drug-likeness (QED) is 0.859. The van der Waals surface area contributed by atoms with Gasteiger partial charge in [-0.2, -0.15) is 0 Å². The van der Waals surface area contributed by atoms with Gasteiger partial charge in [0.25, 0.3) is 0 Å². The number of carbonyl (C=O) groups is 2. The molecule has 2 amide bonds. The number of imide groups is 1. The first kappa shape index (κ1) is 14.9. The Bertz CT molecular complexity index is 562. The highest BCUT2D eigenvalue weighted by Crippen LogP contribution is 2.37. The molecule has 1 saturated heterocycles. The van der Waals surface area contributed by atoms with Crippen LogP contribution in [0.3, 0.4) is 0 Å². The zero-order valence-corrected chi connectivity index (χ0v) is 12.5. The average Bonchev–Trinajstić information content (AvgIpc) is 2.82. The Balaban J connectivity index is 2.35. The SMILES string of the molecule is COc1cc(Cl)cc(Cl)c1C(C)C(=O)N1CCOC1=O. The highest BCUT2D eigenvalue weighted by atomic mass is 35.5. The molecule has 7 heteroatoms. The van der Waals surface area contributed by atoms with Gasteiger partial charge in [-0.3, -0.25) is 4.79 Å². The summed E-state index contributed by atoms with van der Waals surface area (Å²) in [6, 6.07) is 3.11. The van der Waals surface area contributed by atoms with Gasteiger partial charge in [0.05, 0.1) is 19.6 Å². The molecule has 1 aliphatic rings. The first-order valence-electron chi connectivity index (χ1n) is 5.96. The van der Waals surface area contributed by atoms with Crippen molar-refractivity contribution in [1.29, 1.82) is 0 Å². The number of hydrogen-bond donors (Lipinski definition) is 0. The van der Waals surface area contributed by atoms with Crippen LogP contribution < -0.4 is 4.74 Å². The number of benzene rings is 1. The second-order valence-corrected chi connectivity index (χ2v) is 5.17. The molecule has 20 heavy (non-hydrogen) atoms. The van der Waals surface area contributed by atoms with E-state index in [1.54, 1.807) is 13.0 Å². The van der Waals surface area contributed by atoms with Gasteiger partial charge in [-0.05, 0) is 19.1 Å². The van der Waals surface area contributed by atoms with Gasteiger partial charge in [0.1, 0.15) is 12.4 Å². The lowest BCUT2D eigenvalue weighted by atomic mass is 9.98. The summed E-state index contributed by atoms with van der Waals surface area (Å²) in [4.78, 5) is 24.8. The number of hydrogen-bond acceptors (Lipinski definition) is 4. The fraction of sp³-hybridized carbons (Fsp3) is 0.385. The van der Waals surface area contributed by atoms with E-state index in [2.05, 4.69) is 0 Å². The van der Waals surface area contributed by atoms with Crippen LogP contribution in [0.15, 0.2) is 12.1 Å². The molecule has 108 valence electrons. The Hall–Kier alpha value is -1.46. The number of methoxy groups -OCH3 is 1. The zero-order valence-electron chi connectivity index (χ0n) is 11.0. The zero-order chi connectivity index (χ0) is 14.9. The number of rotatable bonds is 3. The third-order valence-corrected chi connectivity index (χ3v) is 3.64. The first-order valence-corrected chi connectivity index (χ1v) is 6.72. The van der Waals surface area contributed by atoms with Crippen LogP contribution in [0.5, 0.6) is 5.75 Å². The van der Waals surface area contributed by atoms with Crippen LogP contribution in [0, 0.1) is 0 Å². The third-order valence-electron chi connectivity index (χ3n) is 3.11. The fourth-order valence-corrected chi connectivity index (χ4v) is 2.74. The normalized spacial score (nSPS) is 16.0. The van der Waals surface area contributed by atoms with Gasteiger partial charge in [0, 0.05) is 15.6 Å². The minimum atomic E-state index is -0.639. The molecule has 5 nitrogen and oxygen atoms in total. The van der Waals surface area contributed by atoms with Crippen molar-refractivity contribution >= 4 is 35.2 Å². The molecule has 2 rings (SSSR count). The minimum Gasteiger partial charge on any atom is -0.496 e. The van der Waals surface area contributed by atoms with E-state index in [9.17, 15) is 9.59 Å². The molecule has 0 saturated carbocycles. The molecule has 1 aliphatic heterocycles. The lowest BCUT2D eigenvalue weighted by Crippen LogP contribution is -2.35. The van der Waals surface area contributed by atoms with Crippen molar-refractivity contribution < 1.29 is 19.1 Å². The van der Waals surface area contributed by atoms with Crippen LogP contribution in [0.2, 0.25) is 10.0 Å². The van der Waals surface area contributed by atoms with Crippen molar-refractivity contribution in [2.75, 3.05) is 20.3 Å². The van der Waals surface area contributed by atoms with Crippen LogP contribution in [0.4, 0.5) is 4.79 Å². The second kappa shape index (κ2) is 5.89. The van der Waals surface area contributed by atoms with Gasteiger partial charge in [-0.25, -0.2) is 9.69 Å². The summed E-state index contributed by atoms with van der Waals surface area (Å²) >= 11 is 12.0. The van der Waals surface area contributed by atoms with E-state index in [0.717, 1.165) is 4.90 Å². The summed E-state index contributed by atoms with van der Waals surface area (Å²) in [5.74, 6) is -0.605. The molecular formula is C13H13Cl2NO4. The average molecular weight is 318 g/mol. The van der Waals surface area contributed by atoms with Gasteiger partial charge < -0.3 is 9.47 Å². The molecule has 0 spiro atoms. The molecule has 0 aliphatic carbocycles. The topological polar surface area (TPSA) is 55.8 Å². The number of halogens is 2. The lowest BCUT2D eigenvalue weighted by Gasteiger charge is -2.20. The van der Waals surface area contributed by atoms with E-state index in [1.807, 2.05) is 0 Å². The van der Waals surface area contributed by atoms with Crippen LogP contribution in [-0.2, 0) is 9.53 Å². The van der Waals surface area contributed by atoms with Crippen LogP contribution >= 0.6 is 23.2 Å². The Labute approximate surface area is 126 Å². The lowest BCUT2D eigenvalue weighted by molar-refractivity contribution is -0.129. The van der Waals surface area contributed by atoms with Crippen molar-refractivity contribution in [3.8, 4) is 5.75 Å². The van der Waals surface area contributed by atoms with Crippen molar-refractivity contribution in [1.82, 2.24) is 4.90 Å². The Kier molecular flexibility index (Phi) is 4.40. The maximum Gasteiger partial charge on any atom is 0.416 e. The molecular weight excluding hydrogens is 305 g/mol. The summed E-state index contributed by atoms with van der Waals surface area (Å²) in [7, 11) is 1.47. The summed E-state index contributed by atoms with van der Waals surface area (Å²) in [5, 5.41) is 0.735. The largest absolute Gasteiger partial charge is 0.496 e. The van der Waals surface area contributed by atoms with Crippen LogP contribution in [0.1, 0.15) is 18.4 Å². The van der Waals surface area contributed by atoms with E-state index in [4.69, 9.17) is 32.7 Å². The molecule has 1 fully saturated rings. The number of amides is 2. The summed E-state index contributed by atoms with van der Waals surface area (Å²) in [6.07, 6.45) is -0.633. The Morgan fingerprint density at radius 2 is 2.15 bits per heavy atom. The maximum atomic E-state index is 12.3. The van der Waals surface area contributed by atoms with E-state index in [1.165, 1.54) is 13.2 Å². The summed E-state index contributed by atoms with van der Waals surface area (Å²) < 4.78 is 9.97. The molecule has 0 N–H and O–H groups in total. The maximum absolute atomic E-state index is 12.3. The second-order valence-electron chi connectivity index (χ2n) is 4.33. The van der Waals surface area contributed by atoms with Gasteiger partial charge in [0.15, 0.2) is 0 Å². The number of nitrogens with zero attached hydrogens (tertiary/aromatic N) is 1. The minimum absolute atomic E-state index is 0.211. The highest BCUT2D eigenvalue weighted by molar-refractivity contribution is 6.35. The molecule has 0 radical (unpaired) electrons. The fourth-order valence-electron chi connectivity index (χ4n) is 2.10. The standard InChI is InChI=1S/C13H13Cl2NO4/c1-7(12(17)16-3-4-20-13(16)18)11-9(15)5-8(14)6-10(11)19-2/h5-7H,3-4H2,1-2H3. The van der Waals surface area contributed by atoms with E-state index in [-0.39, 0.29) is 19.1 Å². The van der Waals surface area contributed by atoms with Gasteiger partial charge >= 0.3 is 6.09 Å². The third kappa shape index (κ3) is 2.69. The smallest absolute Gasteiger partial charge is 0.416 e. The summed E-state index contributed by atoms with van der Waals surface area (Å²) in [5.41, 5.74) is 0.503. The molecule has 1 aromatic rings.